The third-order valence-corrected chi connectivity index (χ3v) is 7.79. The summed E-state index contributed by atoms with van der Waals surface area (Å²) < 4.78 is 28.4. The Kier molecular flexibility index (Phi) is 9.47. The largest absolute Gasteiger partial charge is 0.352 e. The van der Waals surface area contributed by atoms with E-state index in [0.717, 1.165) is 28.3 Å². The number of para-hydroxylation sites is 1. The Morgan fingerprint density at radius 2 is 1.57 bits per heavy atom. The number of unbranched alkanes of at least 4 members (excludes halogenated alkanes) is 1. The van der Waals surface area contributed by atoms with E-state index in [1.54, 1.807) is 48.5 Å². The van der Waals surface area contributed by atoms with Crippen LogP contribution in [0, 0.1) is 6.92 Å². The molecule has 3 rings (SSSR count). The monoisotopic (exact) mass is 521 g/mol. The Hall–Kier alpha value is -3.65. The van der Waals surface area contributed by atoms with Crippen LogP contribution in [0.5, 0.6) is 0 Å². The first-order chi connectivity index (χ1) is 17.6. The zero-order valence-corrected chi connectivity index (χ0v) is 22.6. The topological polar surface area (TPSA) is 95.6 Å². The summed E-state index contributed by atoms with van der Waals surface area (Å²) in [5.41, 5.74) is 3.01. The molecular formula is C29H35N3O4S. The molecule has 0 radical (unpaired) electrons. The minimum atomic E-state index is -4.04. The van der Waals surface area contributed by atoms with E-state index in [1.807, 2.05) is 26.0 Å². The molecule has 0 bridgehead atoms. The summed E-state index contributed by atoms with van der Waals surface area (Å²) in [6.07, 6.45) is 1.80. The fraction of sp³-hybridized carbons (Fsp3) is 0.310. The molecule has 3 aromatic rings. The number of hydrogen-bond donors (Lipinski definition) is 2. The molecule has 196 valence electrons. The van der Waals surface area contributed by atoms with Gasteiger partial charge in [0.25, 0.3) is 15.9 Å². The Balaban J connectivity index is 1.90. The van der Waals surface area contributed by atoms with E-state index >= 15 is 0 Å². The summed E-state index contributed by atoms with van der Waals surface area (Å²) >= 11 is 0. The molecule has 0 heterocycles. The normalized spacial score (nSPS) is 11.3. The van der Waals surface area contributed by atoms with Crippen LogP contribution in [0.25, 0.3) is 0 Å². The highest BCUT2D eigenvalue weighted by Gasteiger charge is 2.28. The Bertz CT molecular complexity index is 1320. The van der Waals surface area contributed by atoms with Gasteiger partial charge in [0, 0.05) is 6.54 Å². The van der Waals surface area contributed by atoms with Crippen LogP contribution in [-0.2, 0) is 14.8 Å². The third kappa shape index (κ3) is 7.20. The number of carbonyl (C=O) groups excluding carboxylic acids is 2. The number of nitrogens with zero attached hydrogens (tertiary/aromatic N) is 1. The quantitative estimate of drug-likeness (QED) is 0.327. The van der Waals surface area contributed by atoms with Crippen molar-refractivity contribution in [2.75, 3.05) is 22.7 Å². The van der Waals surface area contributed by atoms with Crippen LogP contribution in [0.1, 0.15) is 61.0 Å². The van der Waals surface area contributed by atoms with Gasteiger partial charge in [-0.3, -0.25) is 13.9 Å². The molecule has 2 N–H and O–H groups in total. The van der Waals surface area contributed by atoms with Gasteiger partial charge in [-0.1, -0.05) is 69.2 Å². The molecule has 0 aliphatic rings. The summed E-state index contributed by atoms with van der Waals surface area (Å²) in [6, 6.07) is 20.4. The van der Waals surface area contributed by atoms with Crippen molar-refractivity contribution in [2.24, 2.45) is 0 Å². The first-order valence-corrected chi connectivity index (χ1v) is 13.9. The zero-order valence-electron chi connectivity index (χ0n) is 21.8. The molecule has 0 unspecified atom stereocenters. The van der Waals surface area contributed by atoms with Gasteiger partial charge in [0.1, 0.15) is 6.54 Å². The fourth-order valence-electron chi connectivity index (χ4n) is 3.76. The van der Waals surface area contributed by atoms with Crippen LogP contribution >= 0.6 is 0 Å². The molecule has 37 heavy (non-hydrogen) atoms. The first kappa shape index (κ1) is 27.9. The zero-order chi connectivity index (χ0) is 27.0. The van der Waals surface area contributed by atoms with Crippen molar-refractivity contribution >= 4 is 33.2 Å². The molecule has 2 amide bonds. The Labute approximate surface area is 220 Å². The standard InChI is InChI=1S/C29H35N3O4S/c1-5-6-19-30-29(34)26-9-7-8-10-27(26)31-28(33)20-32(24-15-13-23(14-16-24)21(2)3)37(35,36)25-17-11-22(4)12-18-25/h7-18,21H,5-6,19-20H2,1-4H3,(H,30,34)(H,31,33). The summed E-state index contributed by atoms with van der Waals surface area (Å²) in [5.74, 6) is -0.574. The lowest BCUT2D eigenvalue weighted by Gasteiger charge is -2.25. The predicted octanol–water partition coefficient (Wildman–Crippen LogP) is 5.48. The van der Waals surface area contributed by atoms with Crippen molar-refractivity contribution in [3.8, 4) is 0 Å². The molecule has 7 nitrogen and oxygen atoms in total. The fourth-order valence-corrected chi connectivity index (χ4v) is 5.18. The van der Waals surface area contributed by atoms with Crippen molar-refractivity contribution in [1.82, 2.24) is 5.32 Å². The van der Waals surface area contributed by atoms with Gasteiger partial charge in [-0.25, -0.2) is 8.42 Å². The Morgan fingerprint density at radius 3 is 2.19 bits per heavy atom. The van der Waals surface area contributed by atoms with Crippen LogP contribution < -0.4 is 14.9 Å². The number of hydrogen-bond acceptors (Lipinski definition) is 4. The minimum absolute atomic E-state index is 0.0922. The SMILES string of the molecule is CCCCNC(=O)c1ccccc1NC(=O)CN(c1ccc(C(C)C)cc1)S(=O)(=O)c1ccc(C)cc1. The van der Waals surface area contributed by atoms with Gasteiger partial charge in [0.15, 0.2) is 0 Å². The predicted molar refractivity (Wildman–Crippen MR) is 149 cm³/mol. The van der Waals surface area contributed by atoms with Crippen LogP contribution in [0.2, 0.25) is 0 Å². The molecule has 0 atom stereocenters. The molecule has 3 aromatic carbocycles. The van der Waals surface area contributed by atoms with Gasteiger partial charge in [-0.15, -0.1) is 0 Å². The van der Waals surface area contributed by atoms with E-state index in [4.69, 9.17) is 0 Å². The number of benzene rings is 3. The molecule has 0 aromatic heterocycles. The molecule has 0 spiro atoms. The third-order valence-electron chi connectivity index (χ3n) is 6.01. The van der Waals surface area contributed by atoms with E-state index < -0.39 is 22.5 Å². The second-order valence-corrected chi connectivity index (χ2v) is 11.1. The summed E-state index contributed by atoms with van der Waals surface area (Å²) in [6.45, 7) is 8.10. The molecule has 0 aliphatic heterocycles. The summed E-state index contributed by atoms with van der Waals surface area (Å²) in [4.78, 5) is 25.9. The second kappa shape index (κ2) is 12.5. The number of amides is 2. The average molecular weight is 522 g/mol. The smallest absolute Gasteiger partial charge is 0.264 e. The molecule has 0 fully saturated rings. The summed E-state index contributed by atoms with van der Waals surface area (Å²) in [5, 5.41) is 5.59. The van der Waals surface area contributed by atoms with Crippen molar-refractivity contribution in [1.29, 1.82) is 0 Å². The van der Waals surface area contributed by atoms with Crippen molar-refractivity contribution in [3.05, 3.63) is 89.5 Å². The highest BCUT2D eigenvalue weighted by atomic mass is 32.2. The maximum Gasteiger partial charge on any atom is 0.264 e. The number of aryl methyl sites for hydroxylation is 1. The maximum atomic E-state index is 13.7. The van der Waals surface area contributed by atoms with Crippen LogP contribution in [0.15, 0.2) is 77.7 Å². The van der Waals surface area contributed by atoms with Crippen LogP contribution in [0.4, 0.5) is 11.4 Å². The van der Waals surface area contributed by atoms with E-state index in [2.05, 4.69) is 24.5 Å². The van der Waals surface area contributed by atoms with Crippen molar-refractivity contribution in [3.63, 3.8) is 0 Å². The molecular weight excluding hydrogens is 486 g/mol. The highest BCUT2D eigenvalue weighted by molar-refractivity contribution is 7.92. The van der Waals surface area contributed by atoms with Gasteiger partial charge in [0.05, 0.1) is 21.8 Å². The lowest BCUT2D eigenvalue weighted by Crippen LogP contribution is -2.38. The van der Waals surface area contributed by atoms with Gasteiger partial charge in [0.2, 0.25) is 5.91 Å². The molecule has 0 saturated carbocycles. The van der Waals surface area contributed by atoms with Gasteiger partial charge < -0.3 is 10.6 Å². The Morgan fingerprint density at radius 1 is 0.919 bits per heavy atom. The van der Waals surface area contributed by atoms with Gasteiger partial charge >= 0.3 is 0 Å². The van der Waals surface area contributed by atoms with Crippen LogP contribution in [0.3, 0.4) is 0 Å². The lowest BCUT2D eigenvalue weighted by atomic mass is 10.0. The number of carbonyl (C=O) groups is 2. The lowest BCUT2D eigenvalue weighted by molar-refractivity contribution is -0.114. The number of nitrogens with one attached hydrogen (secondary N) is 2. The number of sulfonamides is 1. The molecule has 0 saturated heterocycles. The maximum absolute atomic E-state index is 13.7. The number of anilines is 2. The molecule has 0 aliphatic carbocycles. The van der Waals surface area contributed by atoms with Crippen molar-refractivity contribution in [2.45, 2.75) is 51.3 Å². The van der Waals surface area contributed by atoms with Gasteiger partial charge in [-0.2, -0.15) is 0 Å². The summed E-state index contributed by atoms with van der Waals surface area (Å²) in [7, 11) is -4.04. The van der Waals surface area contributed by atoms with E-state index in [9.17, 15) is 18.0 Å². The number of rotatable bonds is 11. The van der Waals surface area contributed by atoms with Gasteiger partial charge in [-0.05, 0) is 61.2 Å². The average Bonchev–Trinajstić information content (AvgIpc) is 2.88. The van der Waals surface area contributed by atoms with E-state index in [1.165, 1.54) is 12.1 Å². The molecule has 8 heteroatoms. The van der Waals surface area contributed by atoms with Crippen LogP contribution in [-0.4, -0.2) is 33.3 Å². The van der Waals surface area contributed by atoms with E-state index in [-0.39, 0.29) is 16.7 Å². The minimum Gasteiger partial charge on any atom is -0.352 e. The highest BCUT2D eigenvalue weighted by Crippen LogP contribution is 2.26. The van der Waals surface area contributed by atoms with Crippen molar-refractivity contribution < 1.29 is 18.0 Å². The first-order valence-electron chi connectivity index (χ1n) is 12.5. The van der Waals surface area contributed by atoms with E-state index in [0.29, 0.717) is 23.5 Å². The second-order valence-electron chi connectivity index (χ2n) is 9.27.